The SMILES string of the molecule is COc1cc(C=C[C@H]2C3=CC[C@@H]4C(=O)N(c5ccc(C(=O)O)c(O)c5)C(=O)[C@@H]4[C@@H]3C[C@@]3(Cl)C(=O)N(C)C(=O)[C@@]23Cl)ccc1O. The number of fused-ring (bicyclic) bond motifs is 4. The third-order valence-corrected chi connectivity index (χ3v) is 10.7. The van der Waals surface area contributed by atoms with Crippen LogP contribution in [0, 0.1) is 23.7 Å². The number of carboxylic acids is 1. The van der Waals surface area contributed by atoms with Gasteiger partial charge in [-0.05, 0) is 48.6 Å². The molecule has 2 saturated heterocycles. The van der Waals surface area contributed by atoms with E-state index in [2.05, 4.69) is 0 Å². The van der Waals surface area contributed by atoms with Gasteiger partial charge >= 0.3 is 5.97 Å². The van der Waals surface area contributed by atoms with Gasteiger partial charge in [0.25, 0.3) is 11.8 Å². The molecule has 0 unspecified atom stereocenters. The van der Waals surface area contributed by atoms with Crippen LogP contribution in [0.4, 0.5) is 5.69 Å². The van der Waals surface area contributed by atoms with E-state index in [0.717, 1.165) is 21.9 Å². The fourth-order valence-electron chi connectivity index (χ4n) is 7.09. The van der Waals surface area contributed by atoms with Gasteiger partial charge in [-0.2, -0.15) is 0 Å². The standard InChI is InChI=1S/C31H26Cl2N2O9/c1-34-28(42)30(32)13-19-16(20(31(30,33)29(34)43)9-3-14-4-10-21(36)23(11-14)44-2)7-8-18-24(19)26(39)35(25(18)38)15-5-6-17(27(40)41)22(37)12-15/h3-7,9-12,18-20,24,36-37H,8,13H2,1-2H3,(H,40,41)/t18-,19+,20-,24-,30+,31-/m0/s1. The van der Waals surface area contributed by atoms with Crippen molar-refractivity contribution in [2.24, 2.45) is 23.7 Å². The Balaban J connectivity index is 1.44. The number of amides is 4. The monoisotopic (exact) mass is 640 g/mol. The fraction of sp³-hybridized carbons (Fsp3) is 0.323. The third kappa shape index (κ3) is 3.92. The molecule has 44 heavy (non-hydrogen) atoms. The van der Waals surface area contributed by atoms with Crippen molar-refractivity contribution in [3.8, 4) is 17.2 Å². The van der Waals surface area contributed by atoms with Crippen LogP contribution in [0.3, 0.4) is 0 Å². The topological polar surface area (TPSA) is 162 Å². The van der Waals surface area contributed by atoms with Crippen molar-refractivity contribution >= 4 is 64.6 Å². The lowest BCUT2D eigenvalue weighted by atomic mass is 9.57. The maximum Gasteiger partial charge on any atom is 0.339 e. The van der Waals surface area contributed by atoms with Crippen LogP contribution in [0.2, 0.25) is 0 Å². The summed E-state index contributed by atoms with van der Waals surface area (Å²) in [5, 5.41) is 29.5. The van der Waals surface area contributed by atoms with Crippen molar-refractivity contribution in [2.75, 3.05) is 19.1 Å². The van der Waals surface area contributed by atoms with Crippen LogP contribution in [-0.4, -0.2) is 73.7 Å². The Bertz CT molecular complexity index is 1740. The van der Waals surface area contributed by atoms with Gasteiger partial charge in [-0.15, -0.1) is 23.2 Å². The number of hydrogen-bond donors (Lipinski definition) is 3. The van der Waals surface area contributed by atoms with Gasteiger partial charge in [-0.1, -0.05) is 29.9 Å². The predicted octanol–water partition coefficient (Wildman–Crippen LogP) is 3.54. The summed E-state index contributed by atoms with van der Waals surface area (Å²) in [6.45, 7) is 0. The van der Waals surface area contributed by atoms with Crippen LogP contribution in [0.25, 0.3) is 6.08 Å². The van der Waals surface area contributed by atoms with Crippen LogP contribution in [-0.2, 0) is 19.2 Å². The van der Waals surface area contributed by atoms with Crippen LogP contribution in [0.5, 0.6) is 17.2 Å². The molecule has 4 amide bonds. The van der Waals surface area contributed by atoms with E-state index in [4.69, 9.17) is 27.9 Å². The maximum absolute atomic E-state index is 14.0. The number of phenolic OH excluding ortho intramolecular Hbond substituents is 1. The van der Waals surface area contributed by atoms with Crippen molar-refractivity contribution < 1.29 is 44.0 Å². The van der Waals surface area contributed by atoms with Gasteiger partial charge in [-0.25, -0.2) is 9.69 Å². The van der Waals surface area contributed by atoms with E-state index in [1.165, 1.54) is 26.3 Å². The Morgan fingerprint density at radius 3 is 2.39 bits per heavy atom. The summed E-state index contributed by atoms with van der Waals surface area (Å²) < 4.78 is 5.19. The average molecular weight is 641 g/mol. The summed E-state index contributed by atoms with van der Waals surface area (Å²) in [6.07, 6.45) is 5.01. The number of carbonyl (C=O) groups excluding carboxylic acids is 4. The Hall–Kier alpha value is -4.35. The molecule has 2 heterocycles. The molecule has 2 aliphatic carbocycles. The number of aromatic carboxylic acids is 1. The predicted molar refractivity (Wildman–Crippen MR) is 157 cm³/mol. The minimum Gasteiger partial charge on any atom is -0.507 e. The van der Waals surface area contributed by atoms with E-state index in [1.807, 2.05) is 0 Å². The quantitative estimate of drug-likeness (QED) is 0.252. The maximum atomic E-state index is 14.0. The molecule has 3 fully saturated rings. The summed E-state index contributed by atoms with van der Waals surface area (Å²) in [7, 11) is 2.69. The number of imide groups is 2. The second kappa shape index (κ2) is 10.1. The molecule has 2 aromatic carbocycles. The first-order chi connectivity index (χ1) is 20.8. The number of ether oxygens (including phenoxy) is 1. The highest BCUT2D eigenvalue weighted by molar-refractivity contribution is 6.53. The van der Waals surface area contributed by atoms with Gasteiger partial charge in [0.1, 0.15) is 11.3 Å². The number of rotatable bonds is 5. The summed E-state index contributed by atoms with van der Waals surface area (Å²) in [4.78, 5) is 64.0. The lowest BCUT2D eigenvalue weighted by Crippen LogP contribution is -2.60. The summed E-state index contributed by atoms with van der Waals surface area (Å²) in [6, 6.07) is 8.04. The van der Waals surface area contributed by atoms with Gasteiger partial charge < -0.3 is 20.1 Å². The molecular formula is C31H26Cl2N2O9. The summed E-state index contributed by atoms with van der Waals surface area (Å²) >= 11 is 14.2. The number of nitrogens with zero attached hydrogens (tertiary/aromatic N) is 2. The highest BCUT2D eigenvalue weighted by Gasteiger charge is 2.75. The van der Waals surface area contributed by atoms with E-state index in [0.29, 0.717) is 11.1 Å². The molecule has 0 bridgehead atoms. The highest BCUT2D eigenvalue weighted by atomic mass is 35.5. The first-order valence-corrected chi connectivity index (χ1v) is 14.4. The molecule has 0 aromatic heterocycles. The van der Waals surface area contributed by atoms with Crippen LogP contribution < -0.4 is 9.64 Å². The van der Waals surface area contributed by atoms with Crippen LogP contribution in [0.15, 0.2) is 54.1 Å². The molecule has 2 aromatic rings. The Kier molecular flexibility index (Phi) is 6.82. The molecule has 6 atom stereocenters. The smallest absolute Gasteiger partial charge is 0.339 e. The fourth-order valence-corrected chi connectivity index (χ4v) is 8.07. The lowest BCUT2D eigenvalue weighted by Gasteiger charge is -2.49. The third-order valence-electron chi connectivity index (χ3n) is 9.23. The number of aromatic hydroxyl groups is 2. The van der Waals surface area contributed by atoms with Gasteiger partial charge in [0.05, 0.1) is 24.6 Å². The van der Waals surface area contributed by atoms with Gasteiger partial charge in [0.2, 0.25) is 11.8 Å². The molecule has 3 N–H and O–H groups in total. The minimum absolute atomic E-state index is 0.00566. The second-order valence-electron chi connectivity index (χ2n) is 11.4. The molecule has 0 spiro atoms. The Morgan fingerprint density at radius 1 is 1.00 bits per heavy atom. The number of carbonyl (C=O) groups is 5. The second-order valence-corrected chi connectivity index (χ2v) is 12.6. The normalized spacial score (nSPS) is 31.2. The number of anilines is 1. The minimum atomic E-state index is -1.94. The van der Waals surface area contributed by atoms with Crippen molar-refractivity contribution in [1.29, 1.82) is 0 Å². The molecule has 6 rings (SSSR count). The molecular weight excluding hydrogens is 615 g/mol. The number of benzene rings is 2. The first-order valence-electron chi connectivity index (χ1n) is 13.7. The first kappa shape index (κ1) is 29.7. The number of allylic oxidation sites excluding steroid dienone is 3. The van der Waals surface area contributed by atoms with Crippen molar-refractivity contribution in [3.63, 3.8) is 0 Å². The highest BCUT2D eigenvalue weighted by Crippen LogP contribution is 2.63. The zero-order valence-electron chi connectivity index (χ0n) is 23.4. The van der Waals surface area contributed by atoms with Crippen molar-refractivity contribution in [3.05, 3.63) is 65.3 Å². The summed E-state index contributed by atoms with van der Waals surface area (Å²) in [5.41, 5.74) is 0.789. The number of likely N-dealkylation sites (tertiary alicyclic amines) is 1. The number of hydrogen-bond acceptors (Lipinski definition) is 8. The molecule has 2 aliphatic heterocycles. The van der Waals surface area contributed by atoms with Crippen molar-refractivity contribution in [1.82, 2.24) is 4.90 Å². The average Bonchev–Trinajstić information content (AvgIpc) is 3.32. The number of halogens is 2. The number of phenols is 2. The number of alkyl halides is 2. The molecule has 13 heteroatoms. The number of carboxylic acid groups (broad SMARTS) is 1. The molecule has 11 nitrogen and oxygen atoms in total. The van der Waals surface area contributed by atoms with Crippen LogP contribution in [0.1, 0.15) is 28.8 Å². The van der Waals surface area contributed by atoms with Crippen LogP contribution >= 0.6 is 23.2 Å². The van der Waals surface area contributed by atoms with Gasteiger partial charge in [0.15, 0.2) is 21.2 Å². The molecule has 4 aliphatic rings. The van der Waals surface area contributed by atoms with E-state index < -0.39 is 74.3 Å². The van der Waals surface area contributed by atoms with E-state index in [-0.39, 0.29) is 30.0 Å². The van der Waals surface area contributed by atoms with E-state index in [9.17, 15) is 39.3 Å². The zero-order chi connectivity index (χ0) is 31.9. The van der Waals surface area contributed by atoms with E-state index in [1.54, 1.807) is 30.4 Å². The van der Waals surface area contributed by atoms with Gasteiger partial charge in [0, 0.05) is 19.0 Å². The van der Waals surface area contributed by atoms with Crippen molar-refractivity contribution in [2.45, 2.75) is 22.6 Å². The van der Waals surface area contributed by atoms with E-state index >= 15 is 0 Å². The molecule has 0 radical (unpaired) electrons. The largest absolute Gasteiger partial charge is 0.507 e. The molecule has 228 valence electrons. The number of methoxy groups -OCH3 is 1. The van der Waals surface area contributed by atoms with Gasteiger partial charge in [-0.3, -0.25) is 24.1 Å². The Labute approximate surface area is 260 Å². The lowest BCUT2D eigenvalue weighted by molar-refractivity contribution is -0.138. The zero-order valence-corrected chi connectivity index (χ0v) is 24.9. The molecule has 1 saturated carbocycles. The summed E-state index contributed by atoms with van der Waals surface area (Å²) in [5.74, 6) is -7.89. The Morgan fingerprint density at radius 2 is 1.73 bits per heavy atom.